The number of aliphatic hydroxyl groups is 1. The fourth-order valence-electron chi connectivity index (χ4n) is 5.41. The van der Waals surface area contributed by atoms with Gasteiger partial charge >= 0.3 is 0 Å². The molecule has 2 saturated heterocycles. The predicted molar refractivity (Wildman–Crippen MR) is 158 cm³/mol. The fourth-order valence-corrected chi connectivity index (χ4v) is 5.41. The van der Waals surface area contributed by atoms with Gasteiger partial charge in [0.25, 0.3) is 11.7 Å². The molecule has 1 atom stereocenters. The molecule has 0 aromatic heterocycles. The normalized spacial score (nSPS) is 18.9. The third-order valence-corrected chi connectivity index (χ3v) is 7.56. The molecule has 1 amide bonds. The Morgan fingerprint density at radius 3 is 2.24 bits per heavy atom. The molecule has 0 radical (unpaired) electrons. The second-order valence-electron chi connectivity index (χ2n) is 10.9. The van der Waals surface area contributed by atoms with Crippen LogP contribution in [0.2, 0.25) is 0 Å². The van der Waals surface area contributed by atoms with Gasteiger partial charge in [0.05, 0.1) is 52.8 Å². The monoisotopic (exact) mass is 582 g/mol. The second kappa shape index (κ2) is 13.9. The topological polar surface area (TPSA) is 107 Å². The van der Waals surface area contributed by atoms with E-state index in [1.54, 1.807) is 24.3 Å². The van der Waals surface area contributed by atoms with Crippen molar-refractivity contribution < 1.29 is 38.4 Å². The molecule has 4 rings (SSSR count). The van der Waals surface area contributed by atoms with Gasteiger partial charge in [-0.2, -0.15) is 0 Å². The Labute approximate surface area is 247 Å². The van der Waals surface area contributed by atoms with Gasteiger partial charge in [-0.05, 0) is 60.7 Å². The van der Waals surface area contributed by atoms with E-state index in [1.807, 2.05) is 13.0 Å². The molecule has 0 bridgehead atoms. The Kier molecular flexibility index (Phi) is 10.3. The van der Waals surface area contributed by atoms with Crippen molar-refractivity contribution in [2.24, 2.45) is 5.92 Å². The Hall–Kier alpha value is -3.76. The maximum absolute atomic E-state index is 13.6. The standard InChI is InChI=1S/C32H42N2O8/c1-20(2)19-42-23-8-9-24(21(3)16-23)29(35)27-28(22-17-25(38-4)31(40-6)26(18-22)39-5)34(32(37)30(27)36)11-7-10-33-12-14-41-15-13-33/h8-9,16-18,20,28,35H,7,10-15,19H2,1-6H3/t28-/m0/s1. The van der Waals surface area contributed by atoms with Crippen molar-refractivity contribution in [1.82, 2.24) is 9.80 Å². The van der Waals surface area contributed by atoms with Crippen molar-refractivity contribution in [3.63, 3.8) is 0 Å². The van der Waals surface area contributed by atoms with Crippen LogP contribution < -0.4 is 18.9 Å². The van der Waals surface area contributed by atoms with Crippen LogP contribution in [-0.4, -0.2) is 93.9 Å². The molecule has 1 N–H and O–H groups in total. The molecular formula is C32H42N2O8. The third kappa shape index (κ3) is 6.65. The van der Waals surface area contributed by atoms with Crippen molar-refractivity contribution >= 4 is 17.4 Å². The number of likely N-dealkylation sites (tertiary alicyclic amines) is 1. The number of aliphatic hydroxyl groups excluding tert-OH is 1. The van der Waals surface area contributed by atoms with Crippen LogP contribution in [-0.2, 0) is 14.3 Å². The number of aryl methyl sites for hydroxylation is 1. The van der Waals surface area contributed by atoms with Gasteiger partial charge in [0, 0.05) is 31.7 Å². The first-order valence-electron chi connectivity index (χ1n) is 14.3. The van der Waals surface area contributed by atoms with Crippen molar-refractivity contribution in [3.05, 3.63) is 52.6 Å². The highest BCUT2D eigenvalue weighted by molar-refractivity contribution is 6.46. The van der Waals surface area contributed by atoms with Gasteiger partial charge in [-0.1, -0.05) is 13.8 Å². The minimum absolute atomic E-state index is 0.0135. The molecule has 10 nitrogen and oxygen atoms in total. The van der Waals surface area contributed by atoms with Gasteiger partial charge in [-0.25, -0.2) is 0 Å². The quantitative estimate of drug-likeness (QED) is 0.224. The van der Waals surface area contributed by atoms with Crippen molar-refractivity contribution in [1.29, 1.82) is 0 Å². The van der Waals surface area contributed by atoms with E-state index in [1.165, 1.54) is 26.2 Å². The first-order valence-corrected chi connectivity index (χ1v) is 14.3. The number of hydrogen-bond acceptors (Lipinski definition) is 9. The summed E-state index contributed by atoms with van der Waals surface area (Å²) >= 11 is 0. The summed E-state index contributed by atoms with van der Waals surface area (Å²) in [5, 5.41) is 11.7. The molecule has 42 heavy (non-hydrogen) atoms. The molecule has 0 unspecified atom stereocenters. The number of carbonyl (C=O) groups is 2. The van der Waals surface area contributed by atoms with E-state index in [-0.39, 0.29) is 11.3 Å². The van der Waals surface area contributed by atoms with Gasteiger partial charge in [0.1, 0.15) is 11.5 Å². The van der Waals surface area contributed by atoms with Crippen molar-refractivity contribution in [2.45, 2.75) is 33.2 Å². The smallest absolute Gasteiger partial charge is 0.295 e. The molecule has 0 aliphatic carbocycles. The summed E-state index contributed by atoms with van der Waals surface area (Å²) in [5.74, 6) is 0.543. The number of methoxy groups -OCH3 is 3. The molecule has 0 saturated carbocycles. The number of benzene rings is 2. The Balaban J connectivity index is 1.77. The number of rotatable bonds is 12. The predicted octanol–water partition coefficient (Wildman–Crippen LogP) is 4.20. The maximum Gasteiger partial charge on any atom is 0.295 e. The lowest BCUT2D eigenvalue weighted by atomic mass is 9.93. The average Bonchev–Trinajstić information content (AvgIpc) is 3.24. The van der Waals surface area contributed by atoms with Gasteiger partial charge in [-0.15, -0.1) is 0 Å². The van der Waals surface area contributed by atoms with Crippen LogP contribution in [0, 0.1) is 12.8 Å². The average molecular weight is 583 g/mol. The highest BCUT2D eigenvalue weighted by Gasteiger charge is 2.46. The number of nitrogens with zero attached hydrogens (tertiary/aromatic N) is 2. The minimum Gasteiger partial charge on any atom is -0.507 e. The lowest BCUT2D eigenvalue weighted by Gasteiger charge is -2.29. The van der Waals surface area contributed by atoms with Gasteiger partial charge in [0.15, 0.2) is 11.5 Å². The third-order valence-electron chi connectivity index (χ3n) is 7.56. The lowest BCUT2D eigenvalue weighted by molar-refractivity contribution is -0.140. The van der Waals surface area contributed by atoms with E-state index >= 15 is 0 Å². The van der Waals surface area contributed by atoms with Crippen molar-refractivity contribution in [2.75, 3.05) is 67.3 Å². The van der Waals surface area contributed by atoms with E-state index in [0.29, 0.717) is 72.8 Å². The number of amides is 1. The van der Waals surface area contributed by atoms with E-state index in [9.17, 15) is 14.7 Å². The van der Waals surface area contributed by atoms with E-state index < -0.39 is 17.7 Å². The van der Waals surface area contributed by atoms with Gasteiger partial charge in [0.2, 0.25) is 5.75 Å². The summed E-state index contributed by atoms with van der Waals surface area (Å²) in [5.41, 5.74) is 1.75. The molecule has 2 aromatic carbocycles. The van der Waals surface area contributed by atoms with Crippen molar-refractivity contribution in [3.8, 4) is 23.0 Å². The molecule has 10 heteroatoms. The summed E-state index contributed by atoms with van der Waals surface area (Å²) in [6, 6.07) is 7.88. The molecule has 2 aliphatic heterocycles. The van der Waals surface area contributed by atoms with Crippen LogP contribution in [0.5, 0.6) is 23.0 Å². The molecule has 2 fully saturated rings. The van der Waals surface area contributed by atoms with Crippen LogP contribution in [0.4, 0.5) is 0 Å². The van der Waals surface area contributed by atoms with Crippen LogP contribution in [0.15, 0.2) is 35.9 Å². The number of morpholine rings is 1. The fraction of sp³-hybridized carbons (Fsp3) is 0.500. The second-order valence-corrected chi connectivity index (χ2v) is 10.9. The van der Waals surface area contributed by atoms with Gasteiger partial charge < -0.3 is 33.7 Å². The summed E-state index contributed by atoms with van der Waals surface area (Å²) in [6.45, 7) is 10.6. The molecular weight excluding hydrogens is 540 g/mol. The number of Topliss-reactive ketones (excluding diaryl/α,β-unsaturated/α-hetero) is 1. The molecule has 2 heterocycles. The zero-order valence-corrected chi connectivity index (χ0v) is 25.4. The van der Waals surface area contributed by atoms with E-state index in [4.69, 9.17) is 23.7 Å². The molecule has 228 valence electrons. The summed E-state index contributed by atoms with van der Waals surface area (Å²) < 4.78 is 27.9. The summed E-state index contributed by atoms with van der Waals surface area (Å²) in [7, 11) is 4.52. The lowest BCUT2D eigenvalue weighted by Crippen LogP contribution is -2.39. The molecule has 2 aromatic rings. The number of hydrogen-bond donors (Lipinski definition) is 1. The highest BCUT2D eigenvalue weighted by Crippen LogP contribution is 2.46. The first kappa shape index (κ1) is 31.2. The maximum atomic E-state index is 13.6. The van der Waals surface area contributed by atoms with Crippen LogP contribution >= 0.6 is 0 Å². The number of carbonyl (C=O) groups excluding carboxylic acids is 2. The van der Waals surface area contributed by atoms with E-state index in [0.717, 1.165) is 25.2 Å². The summed E-state index contributed by atoms with van der Waals surface area (Å²) in [4.78, 5) is 31.0. The zero-order chi connectivity index (χ0) is 30.4. The Morgan fingerprint density at radius 1 is 1.00 bits per heavy atom. The zero-order valence-electron chi connectivity index (χ0n) is 25.4. The SMILES string of the molecule is COc1cc([C@H]2C(=C(O)c3ccc(OCC(C)C)cc3C)C(=O)C(=O)N2CCCN2CCOCC2)cc(OC)c1OC. The number of ketones is 1. The van der Waals surface area contributed by atoms with E-state index in [2.05, 4.69) is 18.7 Å². The Bertz CT molecular complexity index is 1290. The molecule has 2 aliphatic rings. The Morgan fingerprint density at radius 2 is 1.67 bits per heavy atom. The minimum atomic E-state index is -0.861. The molecule has 0 spiro atoms. The van der Waals surface area contributed by atoms with Crippen LogP contribution in [0.1, 0.15) is 43.0 Å². The number of ether oxygens (including phenoxy) is 5. The van der Waals surface area contributed by atoms with Crippen LogP contribution in [0.25, 0.3) is 5.76 Å². The van der Waals surface area contributed by atoms with Gasteiger partial charge in [-0.3, -0.25) is 14.5 Å². The summed E-state index contributed by atoms with van der Waals surface area (Å²) in [6.07, 6.45) is 0.648. The highest BCUT2D eigenvalue weighted by atomic mass is 16.5. The largest absolute Gasteiger partial charge is 0.507 e. The first-order chi connectivity index (χ1) is 20.2. The van der Waals surface area contributed by atoms with Crippen LogP contribution in [0.3, 0.4) is 0 Å².